The van der Waals surface area contributed by atoms with Crippen molar-refractivity contribution in [1.82, 2.24) is 0 Å². The lowest BCUT2D eigenvalue weighted by Gasteiger charge is -2.16. The van der Waals surface area contributed by atoms with Crippen LogP contribution in [0.5, 0.6) is 5.75 Å². The van der Waals surface area contributed by atoms with Gasteiger partial charge < -0.3 is 9.47 Å². The number of ether oxygens (including phenoxy) is 2. The van der Waals surface area contributed by atoms with Gasteiger partial charge in [0, 0.05) is 11.4 Å². The summed E-state index contributed by atoms with van der Waals surface area (Å²) in [4.78, 5) is 0.369. The number of rotatable bonds is 5. The average Bonchev–Trinajstić information content (AvgIpc) is 2.82. The molecule has 2 nitrogen and oxygen atoms in total. The van der Waals surface area contributed by atoms with Gasteiger partial charge in [0.1, 0.15) is 5.75 Å². The van der Waals surface area contributed by atoms with Crippen LogP contribution in [-0.4, -0.2) is 18.8 Å². The zero-order chi connectivity index (χ0) is 13.0. The fourth-order valence-corrected chi connectivity index (χ4v) is 2.95. The first kappa shape index (κ1) is 13.9. The van der Waals surface area contributed by atoms with Gasteiger partial charge in [0.25, 0.3) is 0 Å². The zero-order valence-electron chi connectivity index (χ0n) is 11.1. The van der Waals surface area contributed by atoms with Gasteiger partial charge in [-0.05, 0) is 50.8 Å². The van der Waals surface area contributed by atoms with Crippen LogP contribution in [0.2, 0.25) is 0 Å². The molecule has 2 atom stereocenters. The summed E-state index contributed by atoms with van der Waals surface area (Å²) in [5.74, 6) is 0.936. The zero-order valence-corrected chi connectivity index (χ0v) is 12.7. The molecule has 1 aliphatic rings. The molecule has 0 aromatic heterocycles. The predicted octanol–water partition coefficient (Wildman–Crippen LogP) is 4.48. The normalized spacial score (nSPS) is 21.2. The Morgan fingerprint density at radius 3 is 2.61 bits per heavy atom. The first-order valence-corrected chi connectivity index (χ1v) is 7.59. The van der Waals surface area contributed by atoms with Crippen molar-refractivity contribution in [2.75, 3.05) is 6.61 Å². The van der Waals surface area contributed by atoms with E-state index in [1.807, 2.05) is 26.0 Å². The second-order valence-electron chi connectivity index (χ2n) is 5.07. The molecule has 1 aromatic carbocycles. The maximum absolute atomic E-state index is 5.67. The number of benzene rings is 1. The Morgan fingerprint density at radius 1 is 1.33 bits per heavy atom. The quantitative estimate of drug-likeness (QED) is 0.746. The molecule has 18 heavy (non-hydrogen) atoms. The maximum Gasteiger partial charge on any atom is 0.119 e. The molecule has 1 saturated heterocycles. The van der Waals surface area contributed by atoms with E-state index < -0.39 is 0 Å². The fourth-order valence-electron chi connectivity index (χ4n) is 2.22. The Bertz CT molecular complexity index is 355. The summed E-state index contributed by atoms with van der Waals surface area (Å²) in [5.41, 5.74) is 1.29. The van der Waals surface area contributed by atoms with Gasteiger partial charge in [-0.25, -0.2) is 0 Å². The molecular weight excluding hydrogens is 292 g/mol. The second-order valence-corrected chi connectivity index (χ2v) is 6.18. The van der Waals surface area contributed by atoms with Gasteiger partial charge in [0.15, 0.2) is 0 Å². The molecule has 2 rings (SSSR count). The summed E-state index contributed by atoms with van der Waals surface area (Å²) in [6, 6.07) is 8.34. The van der Waals surface area contributed by atoms with E-state index in [4.69, 9.17) is 9.47 Å². The molecule has 100 valence electrons. The first-order valence-electron chi connectivity index (χ1n) is 6.67. The number of alkyl halides is 1. The van der Waals surface area contributed by atoms with Gasteiger partial charge in [0.2, 0.25) is 0 Å². The van der Waals surface area contributed by atoms with Gasteiger partial charge >= 0.3 is 0 Å². The van der Waals surface area contributed by atoms with Crippen molar-refractivity contribution in [3.63, 3.8) is 0 Å². The van der Waals surface area contributed by atoms with Crippen LogP contribution in [0.4, 0.5) is 0 Å². The molecule has 1 heterocycles. The highest BCUT2D eigenvalue weighted by molar-refractivity contribution is 9.09. The third-order valence-electron chi connectivity index (χ3n) is 3.11. The highest BCUT2D eigenvalue weighted by atomic mass is 79.9. The van der Waals surface area contributed by atoms with E-state index >= 15 is 0 Å². The average molecular weight is 313 g/mol. The van der Waals surface area contributed by atoms with Crippen LogP contribution in [-0.2, 0) is 4.74 Å². The van der Waals surface area contributed by atoms with Crippen LogP contribution in [0, 0.1) is 0 Å². The van der Waals surface area contributed by atoms with Crippen LogP contribution in [0.15, 0.2) is 24.3 Å². The van der Waals surface area contributed by atoms with E-state index in [0.717, 1.165) is 18.8 Å². The van der Waals surface area contributed by atoms with E-state index in [9.17, 15) is 0 Å². The highest BCUT2D eigenvalue weighted by Gasteiger charge is 2.20. The Balaban J connectivity index is 1.91. The van der Waals surface area contributed by atoms with Gasteiger partial charge in [-0.15, -0.1) is 0 Å². The van der Waals surface area contributed by atoms with Crippen LogP contribution < -0.4 is 4.74 Å². The van der Waals surface area contributed by atoms with E-state index in [0.29, 0.717) is 10.9 Å². The summed E-state index contributed by atoms with van der Waals surface area (Å²) >= 11 is 3.75. The minimum atomic E-state index is 0.225. The van der Waals surface area contributed by atoms with Crippen molar-refractivity contribution >= 4 is 15.9 Å². The summed E-state index contributed by atoms with van der Waals surface area (Å²) in [5, 5.41) is 0. The van der Waals surface area contributed by atoms with Crippen LogP contribution >= 0.6 is 15.9 Å². The minimum absolute atomic E-state index is 0.225. The number of hydrogen-bond donors (Lipinski definition) is 0. The molecule has 2 unspecified atom stereocenters. The molecule has 0 radical (unpaired) electrons. The van der Waals surface area contributed by atoms with Crippen molar-refractivity contribution in [2.24, 2.45) is 0 Å². The van der Waals surface area contributed by atoms with E-state index in [2.05, 4.69) is 28.1 Å². The summed E-state index contributed by atoms with van der Waals surface area (Å²) < 4.78 is 11.3. The van der Waals surface area contributed by atoms with Crippen molar-refractivity contribution < 1.29 is 9.47 Å². The van der Waals surface area contributed by atoms with Crippen molar-refractivity contribution in [2.45, 2.75) is 50.1 Å². The Kier molecular flexibility index (Phi) is 5.07. The van der Waals surface area contributed by atoms with Gasteiger partial charge in [-0.3, -0.25) is 0 Å². The highest BCUT2D eigenvalue weighted by Crippen LogP contribution is 2.32. The van der Waals surface area contributed by atoms with Crippen molar-refractivity contribution in [3.8, 4) is 5.75 Å². The molecular formula is C15H21BrO2. The molecule has 1 aromatic rings. The third-order valence-corrected chi connectivity index (χ3v) is 4.01. The summed E-state index contributed by atoms with van der Waals surface area (Å²) in [6.07, 6.45) is 4.08. The molecule has 3 heteroatoms. The lowest BCUT2D eigenvalue weighted by atomic mass is 10.0. The molecule has 0 aliphatic carbocycles. The van der Waals surface area contributed by atoms with Gasteiger partial charge in [0.05, 0.1) is 12.2 Å². The largest absolute Gasteiger partial charge is 0.491 e. The summed E-state index contributed by atoms with van der Waals surface area (Å²) in [7, 11) is 0. The SMILES string of the molecule is CC(C)Oc1ccc(C(Br)CC2CCCO2)cc1. The van der Waals surface area contributed by atoms with Gasteiger partial charge in [-0.1, -0.05) is 28.1 Å². The molecule has 0 amide bonds. The first-order chi connectivity index (χ1) is 8.65. The third kappa shape index (κ3) is 3.99. The molecule has 0 saturated carbocycles. The van der Waals surface area contributed by atoms with Gasteiger partial charge in [-0.2, -0.15) is 0 Å². The second kappa shape index (κ2) is 6.58. The Morgan fingerprint density at radius 2 is 2.06 bits per heavy atom. The lowest BCUT2D eigenvalue weighted by Crippen LogP contribution is -2.08. The van der Waals surface area contributed by atoms with Crippen LogP contribution in [0.25, 0.3) is 0 Å². The molecule has 1 aliphatic heterocycles. The fraction of sp³-hybridized carbons (Fsp3) is 0.600. The molecule has 0 N–H and O–H groups in total. The van der Waals surface area contributed by atoms with Crippen LogP contribution in [0.3, 0.4) is 0 Å². The van der Waals surface area contributed by atoms with Crippen molar-refractivity contribution in [3.05, 3.63) is 29.8 Å². The lowest BCUT2D eigenvalue weighted by molar-refractivity contribution is 0.104. The molecule has 0 bridgehead atoms. The van der Waals surface area contributed by atoms with Crippen molar-refractivity contribution in [1.29, 1.82) is 0 Å². The standard InChI is InChI=1S/C15H21BrO2/c1-11(2)18-13-7-5-12(6-8-13)15(16)10-14-4-3-9-17-14/h5-8,11,14-15H,3-4,9-10H2,1-2H3. The number of hydrogen-bond acceptors (Lipinski definition) is 2. The van der Waals surface area contributed by atoms with E-state index in [1.165, 1.54) is 18.4 Å². The molecule has 0 spiro atoms. The molecule has 1 fully saturated rings. The van der Waals surface area contributed by atoms with Crippen LogP contribution in [0.1, 0.15) is 43.5 Å². The summed E-state index contributed by atoms with van der Waals surface area (Å²) in [6.45, 7) is 5.00. The van der Waals surface area contributed by atoms with E-state index in [1.54, 1.807) is 0 Å². The maximum atomic E-state index is 5.67. The van der Waals surface area contributed by atoms with E-state index in [-0.39, 0.29) is 6.10 Å². The minimum Gasteiger partial charge on any atom is -0.491 e. The number of halogens is 1. The monoisotopic (exact) mass is 312 g/mol. The Hall–Kier alpha value is -0.540. The topological polar surface area (TPSA) is 18.5 Å². The Labute approximate surface area is 118 Å². The predicted molar refractivity (Wildman–Crippen MR) is 77.5 cm³/mol. The smallest absolute Gasteiger partial charge is 0.119 e.